The molecule has 1 aliphatic carbocycles. The van der Waals surface area contributed by atoms with Crippen LogP contribution in [0.1, 0.15) is 69.4 Å². The van der Waals surface area contributed by atoms with E-state index >= 15 is 0 Å². The Kier molecular flexibility index (Phi) is 4.07. The molecular weight excluding hydrogens is 274 g/mol. The summed E-state index contributed by atoms with van der Waals surface area (Å²) >= 11 is 0. The Balaban J connectivity index is 1.70. The predicted molar refractivity (Wildman–Crippen MR) is 86.2 cm³/mol. The standard InChI is InChI=1S/C19H25NO2/c1-14(2)16-7-5-15(6-8-16)13-20-17(21)11-19(12-18(20)22)9-3-4-10-19/h5-8,14H,3-4,9-13H2,1-2H3. The number of piperidine rings is 1. The molecule has 118 valence electrons. The highest BCUT2D eigenvalue weighted by molar-refractivity contribution is 5.98. The van der Waals surface area contributed by atoms with Crippen LogP contribution < -0.4 is 0 Å². The first-order valence-electron chi connectivity index (χ1n) is 8.41. The van der Waals surface area contributed by atoms with Crippen molar-refractivity contribution in [3.05, 3.63) is 35.4 Å². The summed E-state index contributed by atoms with van der Waals surface area (Å²) in [6.45, 7) is 4.74. The van der Waals surface area contributed by atoms with Gasteiger partial charge in [0.25, 0.3) is 0 Å². The van der Waals surface area contributed by atoms with Crippen LogP contribution in [0.2, 0.25) is 0 Å². The van der Waals surface area contributed by atoms with Crippen molar-refractivity contribution in [3.8, 4) is 0 Å². The molecule has 3 nitrogen and oxygen atoms in total. The number of carbonyl (C=O) groups excluding carboxylic acids is 2. The van der Waals surface area contributed by atoms with E-state index in [2.05, 4.69) is 26.0 Å². The highest BCUT2D eigenvalue weighted by Gasteiger charge is 2.44. The number of hydrogen-bond acceptors (Lipinski definition) is 2. The second-order valence-corrected chi connectivity index (χ2v) is 7.33. The molecule has 0 aromatic heterocycles. The maximum absolute atomic E-state index is 12.5. The Bertz CT molecular complexity index is 548. The number of amides is 2. The van der Waals surface area contributed by atoms with Gasteiger partial charge < -0.3 is 0 Å². The van der Waals surface area contributed by atoms with Crippen LogP contribution in [0.25, 0.3) is 0 Å². The van der Waals surface area contributed by atoms with Gasteiger partial charge in [-0.1, -0.05) is 51.0 Å². The minimum atomic E-state index is -0.00777. The molecule has 2 aliphatic rings. The molecule has 1 heterocycles. The van der Waals surface area contributed by atoms with Crippen molar-refractivity contribution in [1.82, 2.24) is 4.90 Å². The lowest BCUT2D eigenvalue weighted by Crippen LogP contribution is -2.46. The fraction of sp³-hybridized carbons (Fsp3) is 0.579. The van der Waals surface area contributed by atoms with Crippen molar-refractivity contribution < 1.29 is 9.59 Å². The Morgan fingerprint density at radius 2 is 1.55 bits per heavy atom. The highest BCUT2D eigenvalue weighted by Crippen LogP contribution is 2.47. The van der Waals surface area contributed by atoms with Gasteiger partial charge in [0.2, 0.25) is 11.8 Å². The fourth-order valence-corrected chi connectivity index (χ4v) is 3.88. The lowest BCUT2D eigenvalue weighted by atomic mass is 9.76. The lowest BCUT2D eigenvalue weighted by molar-refractivity contribution is -0.154. The number of imide groups is 1. The molecule has 1 saturated carbocycles. The fourth-order valence-electron chi connectivity index (χ4n) is 3.88. The zero-order valence-electron chi connectivity index (χ0n) is 13.6. The van der Waals surface area contributed by atoms with Gasteiger partial charge in [-0.2, -0.15) is 0 Å². The van der Waals surface area contributed by atoms with Gasteiger partial charge in [-0.3, -0.25) is 14.5 Å². The summed E-state index contributed by atoms with van der Waals surface area (Å²) in [6.07, 6.45) is 5.53. The number of benzene rings is 1. The Morgan fingerprint density at radius 1 is 1.00 bits per heavy atom. The zero-order valence-corrected chi connectivity index (χ0v) is 13.6. The van der Waals surface area contributed by atoms with Gasteiger partial charge in [0.05, 0.1) is 6.54 Å². The van der Waals surface area contributed by atoms with Crippen LogP contribution >= 0.6 is 0 Å². The van der Waals surface area contributed by atoms with E-state index in [4.69, 9.17) is 0 Å². The first-order valence-corrected chi connectivity index (χ1v) is 8.41. The van der Waals surface area contributed by atoms with Gasteiger partial charge in [0.15, 0.2) is 0 Å². The summed E-state index contributed by atoms with van der Waals surface area (Å²) in [7, 11) is 0. The molecule has 3 heteroatoms. The molecule has 0 bridgehead atoms. The first kappa shape index (κ1) is 15.3. The number of likely N-dealkylation sites (tertiary alicyclic amines) is 1. The number of carbonyl (C=O) groups is 2. The number of hydrogen-bond donors (Lipinski definition) is 0. The second-order valence-electron chi connectivity index (χ2n) is 7.33. The van der Waals surface area contributed by atoms with Crippen LogP contribution in [-0.4, -0.2) is 16.7 Å². The summed E-state index contributed by atoms with van der Waals surface area (Å²) in [5, 5.41) is 0. The normalized spacial score (nSPS) is 21.1. The summed E-state index contributed by atoms with van der Waals surface area (Å²) < 4.78 is 0. The minimum Gasteiger partial charge on any atom is -0.278 e. The van der Waals surface area contributed by atoms with Gasteiger partial charge in [-0.05, 0) is 35.3 Å². The highest BCUT2D eigenvalue weighted by atomic mass is 16.2. The molecule has 3 rings (SSSR count). The number of nitrogens with zero attached hydrogens (tertiary/aromatic N) is 1. The molecule has 22 heavy (non-hydrogen) atoms. The van der Waals surface area contributed by atoms with Gasteiger partial charge in [0.1, 0.15) is 0 Å². The summed E-state index contributed by atoms with van der Waals surface area (Å²) in [5.74, 6) is 0.534. The average Bonchev–Trinajstić information content (AvgIpc) is 2.91. The van der Waals surface area contributed by atoms with Crippen LogP contribution in [0, 0.1) is 5.41 Å². The maximum Gasteiger partial charge on any atom is 0.230 e. The van der Waals surface area contributed by atoms with Crippen LogP contribution in [0.4, 0.5) is 0 Å². The Hall–Kier alpha value is -1.64. The van der Waals surface area contributed by atoms with Crippen LogP contribution in [0.3, 0.4) is 0 Å². The van der Waals surface area contributed by atoms with E-state index in [-0.39, 0.29) is 17.2 Å². The average molecular weight is 299 g/mol. The lowest BCUT2D eigenvalue weighted by Gasteiger charge is -2.37. The van der Waals surface area contributed by atoms with E-state index in [0.717, 1.165) is 31.2 Å². The van der Waals surface area contributed by atoms with Crippen LogP contribution in [0.5, 0.6) is 0 Å². The molecule has 0 unspecified atom stereocenters. The smallest absolute Gasteiger partial charge is 0.230 e. The van der Waals surface area contributed by atoms with Crippen molar-refractivity contribution in [3.63, 3.8) is 0 Å². The maximum atomic E-state index is 12.5. The van der Waals surface area contributed by atoms with Crippen molar-refractivity contribution in [1.29, 1.82) is 0 Å². The molecule has 2 amide bonds. The predicted octanol–water partition coefficient (Wildman–Crippen LogP) is 4.02. The van der Waals surface area contributed by atoms with Crippen LogP contribution in [-0.2, 0) is 16.1 Å². The van der Waals surface area contributed by atoms with E-state index in [1.54, 1.807) is 0 Å². The monoisotopic (exact) mass is 299 g/mol. The zero-order chi connectivity index (χ0) is 15.7. The molecule has 0 atom stereocenters. The Morgan fingerprint density at radius 3 is 2.05 bits per heavy atom. The van der Waals surface area contributed by atoms with Crippen molar-refractivity contribution in [2.75, 3.05) is 0 Å². The molecule has 0 N–H and O–H groups in total. The van der Waals surface area contributed by atoms with E-state index in [1.807, 2.05) is 12.1 Å². The summed E-state index contributed by atoms with van der Waals surface area (Å²) in [5.41, 5.74) is 2.31. The third kappa shape index (κ3) is 2.94. The third-order valence-electron chi connectivity index (χ3n) is 5.31. The van der Waals surface area contributed by atoms with E-state index in [1.165, 1.54) is 10.5 Å². The van der Waals surface area contributed by atoms with Gasteiger partial charge >= 0.3 is 0 Å². The van der Waals surface area contributed by atoms with Crippen LogP contribution in [0.15, 0.2) is 24.3 Å². The summed E-state index contributed by atoms with van der Waals surface area (Å²) in [4.78, 5) is 26.4. The SMILES string of the molecule is CC(C)c1ccc(CN2C(=O)CC3(CCCC3)CC2=O)cc1. The van der Waals surface area contributed by atoms with Crippen molar-refractivity contribution in [2.45, 2.75) is 64.8 Å². The molecule has 0 radical (unpaired) electrons. The van der Waals surface area contributed by atoms with Gasteiger partial charge in [-0.25, -0.2) is 0 Å². The molecule has 1 aromatic rings. The molecule has 1 aromatic carbocycles. The molecular formula is C19H25NO2. The van der Waals surface area contributed by atoms with E-state index in [0.29, 0.717) is 25.3 Å². The summed E-state index contributed by atoms with van der Waals surface area (Å²) in [6, 6.07) is 8.26. The van der Waals surface area contributed by atoms with Crippen molar-refractivity contribution in [2.24, 2.45) is 5.41 Å². The largest absolute Gasteiger partial charge is 0.278 e. The number of rotatable bonds is 3. The molecule has 1 aliphatic heterocycles. The molecule has 2 fully saturated rings. The second kappa shape index (κ2) is 5.86. The van der Waals surface area contributed by atoms with Gasteiger partial charge in [0, 0.05) is 12.8 Å². The topological polar surface area (TPSA) is 37.4 Å². The first-order chi connectivity index (χ1) is 10.5. The van der Waals surface area contributed by atoms with E-state index in [9.17, 15) is 9.59 Å². The quantitative estimate of drug-likeness (QED) is 0.791. The molecule has 1 spiro atoms. The van der Waals surface area contributed by atoms with Gasteiger partial charge in [-0.15, -0.1) is 0 Å². The Labute approximate surface area is 132 Å². The van der Waals surface area contributed by atoms with E-state index < -0.39 is 0 Å². The minimum absolute atomic E-state index is 0.00777. The molecule has 1 saturated heterocycles. The van der Waals surface area contributed by atoms with Crippen molar-refractivity contribution >= 4 is 11.8 Å². The third-order valence-corrected chi connectivity index (χ3v) is 5.31.